The molecule has 130 valence electrons. The zero-order valence-corrected chi connectivity index (χ0v) is 15.5. The van der Waals surface area contributed by atoms with Crippen LogP contribution in [0.4, 0.5) is 5.69 Å². The highest BCUT2D eigenvalue weighted by Gasteiger charge is 2.22. The van der Waals surface area contributed by atoms with Gasteiger partial charge in [0.25, 0.3) is 5.91 Å². The molecule has 0 aliphatic carbocycles. The van der Waals surface area contributed by atoms with E-state index < -0.39 is 0 Å². The van der Waals surface area contributed by atoms with E-state index in [0.29, 0.717) is 25.1 Å². The van der Waals surface area contributed by atoms with Crippen molar-refractivity contribution in [1.82, 2.24) is 5.32 Å². The number of amides is 2. The van der Waals surface area contributed by atoms with E-state index in [4.69, 9.17) is 4.74 Å². The maximum atomic E-state index is 12.5. The molecule has 1 fully saturated rings. The molecule has 0 radical (unpaired) electrons. The Balaban J connectivity index is 1.72. The van der Waals surface area contributed by atoms with E-state index in [-0.39, 0.29) is 11.8 Å². The average molecular weight is 403 g/mol. The molecule has 0 saturated carbocycles. The summed E-state index contributed by atoms with van der Waals surface area (Å²) in [7, 11) is 1.60. The first-order valence-corrected chi connectivity index (χ1v) is 8.89. The maximum absolute atomic E-state index is 12.5. The Hall–Kier alpha value is -2.34. The Morgan fingerprint density at radius 3 is 2.84 bits per heavy atom. The van der Waals surface area contributed by atoms with Crippen molar-refractivity contribution in [3.8, 4) is 5.75 Å². The summed E-state index contributed by atoms with van der Waals surface area (Å²) >= 11 is 3.42. The van der Waals surface area contributed by atoms with Gasteiger partial charge in [-0.1, -0.05) is 22.0 Å². The molecule has 0 atom stereocenters. The Labute approximate surface area is 155 Å². The average Bonchev–Trinajstić information content (AvgIpc) is 3.06. The molecule has 3 rings (SSSR count). The third-order valence-electron chi connectivity index (χ3n) is 4.18. The Morgan fingerprint density at radius 1 is 1.28 bits per heavy atom. The molecule has 0 bridgehead atoms. The van der Waals surface area contributed by atoms with Crippen LogP contribution in [0.1, 0.15) is 28.8 Å². The summed E-state index contributed by atoms with van der Waals surface area (Å²) in [5.74, 6) is 0.645. The molecule has 6 heteroatoms. The van der Waals surface area contributed by atoms with Crippen LogP contribution in [0.2, 0.25) is 0 Å². The Kier molecular flexibility index (Phi) is 5.38. The fourth-order valence-electron chi connectivity index (χ4n) is 2.90. The van der Waals surface area contributed by atoms with Gasteiger partial charge in [0, 0.05) is 40.8 Å². The van der Waals surface area contributed by atoms with Gasteiger partial charge in [0.15, 0.2) is 0 Å². The number of carbonyl (C=O) groups excluding carboxylic acids is 2. The van der Waals surface area contributed by atoms with Gasteiger partial charge in [0.05, 0.1) is 7.11 Å². The number of methoxy groups -OCH3 is 1. The van der Waals surface area contributed by atoms with E-state index in [0.717, 1.165) is 27.9 Å². The number of hydrogen-bond donors (Lipinski definition) is 1. The predicted molar refractivity (Wildman–Crippen MR) is 99.9 cm³/mol. The van der Waals surface area contributed by atoms with E-state index in [9.17, 15) is 9.59 Å². The van der Waals surface area contributed by atoms with Crippen molar-refractivity contribution >= 4 is 33.4 Å². The number of halogens is 1. The Morgan fingerprint density at radius 2 is 2.12 bits per heavy atom. The van der Waals surface area contributed by atoms with Crippen molar-refractivity contribution < 1.29 is 14.3 Å². The van der Waals surface area contributed by atoms with Gasteiger partial charge in [-0.25, -0.2) is 0 Å². The molecule has 2 amide bonds. The number of anilines is 1. The molecule has 1 N–H and O–H groups in total. The zero-order chi connectivity index (χ0) is 17.8. The van der Waals surface area contributed by atoms with Gasteiger partial charge in [-0.2, -0.15) is 0 Å². The van der Waals surface area contributed by atoms with Crippen molar-refractivity contribution in [3.05, 3.63) is 58.1 Å². The molecule has 2 aromatic rings. The smallest absolute Gasteiger partial charge is 0.251 e. The first kappa shape index (κ1) is 17.5. The predicted octanol–water partition coefficient (Wildman–Crippen LogP) is 3.51. The topological polar surface area (TPSA) is 58.6 Å². The number of rotatable bonds is 5. The van der Waals surface area contributed by atoms with Crippen LogP contribution in [-0.4, -0.2) is 25.5 Å². The zero-order valence-electron chi connectivity index (χ0n) is 13.9. The molecule has 2 aromatic carbocycles. The lowest BCUT2D eigenvalue weighted by atomic mass is 10.1. The van der Waals surface area contributed by atoms with Crippen LogP contribution < -0.4 is 15.0 Å². The number of nitrogens with one attached hydrogen (secondary N) is 1. The molecule has 25 heavy (non-hydrogen) atoms. The number of nitrogens with zero attached hydrogens (tertiary/aromatic N) is 1. The molecular weight excluding hydrogens is 384 g/mol. The summed E-state index contributed by atoms with van der Waals surface area (Å²) in [4.78, 5) is 26.1. The number of benzene rings is 2. The first-order valence-electron chi connectivity index (χ1n) is 8.09. The first-order chi connectivity index (χ1) is 12.1. The number of carbonyl (C=O) groups is 2. The van der Waals surface area contributed by atoms with Crippen LogP contribution in [0.25, 0.3) is 0 Å². The molecule has 1 aliphatic rings. The van der Waals surface area contributed by atoms with E-state index in [1.54, 1.807) is 30.2 Å². The summed E-state index contributed by atoms with van der Waals surface area (Å²) in [5, 5.41) is 2.90. The normalized spacial score (nSPS) is 13.8. The van der Waals surface area contributed by atoms with E-state index >= 15 is 0 Å². The molecule has 1 heterocycles. The minimum atomic E-state index is -0.185. The summed E-state index contributed by atoms with van der Waals surface area (Å²) in [6.45, 7) is 1.06. The van der Waals surface area contributed by atoms with Gasteiger partial charge >= 0.3 is 0 Å². The van der Waals surface area contributed by atoms with Crippen molar-refractivity contribution in [2.45, 2.75) is 19.4 Å². The van der Waals surface area contributed by atoms with Gasteiger partial charge in [-0.05, 0) is 42.8 Å². The van der Waals surface area contributed by atoms with Gasteiger partial charge in [0.2, 0.25) is 5.91 Å². The largest absolute Gasteiger partial charge is 0.496 e. The van der Waals surface area contributed by atoms with Crippen LogP contribution in [-0.2, 0) is 11.3 Å². The third-order valence-corrected chi connectivity index (χ3v) is 4.67. The van der Waals surface area contributed by atoms with Gasteiger partial charge in [-0.3, -0.25) is 9.59 Å². The highest BCUT2D eigenvalue weighted by Crippen LogP contribution is 2.24. The molecule has 1 saturated heterocycles. The van der Waals surface area contributed by atoms with Crippen LogP contribution in [0.15, 0.2) is 46.9 Å². The Bertz CT molecular complexity index is 807. The second-order valence-electron chi connectivity index (χ2n) is 5.84. The highest BCUT2D eigenvalue weighted by atomic mass is 79.9. The monoisotopic (exact) mass is 402 g/mol. The minimum Gasteiger partial charge on any atom is -0.496 e. The summed E-state index contributed by atoms with van der Waals surface area (Å²) < 4.78 is 6.24. The maximum Gasteiger partial charge on any atom is 0.251 e. The third kappa shape index (κ3) is 4.02. The molecule has 1 aliphatic heterocycles. The van der Waals surface area contributed by atoms with Crippen molar-refractivity contribution in [3.63, 3.8) is 0 Å². The highest BCUT2D eigenvalue weighted by molar-refractivity contribution is 9.10. The van der Waals surface area contributed by atoms with Gasteiger partial charge < -0.3 is 15.0 Å². The summed E-state index contributed by atoms with van der Waals surface area (Å²) in [6.07, 6.45) is 1.43. The lowest BCUT2D eigenvalue weighted by Gasteiger charge is -2.16. The van der Waals surface area contributed by atoms with E-state index in [2.05, 4.69) is 21.2 Å². The fourth-order valence-corrected chi connectivity index (χ4v) is 3.31. The number of hydrogen-bond acceptors (Lipinski definition) is 3. The van der Waals surface area contributed by atoms with E-state index in [1.165, 1.54) is 0 Å². The second-order valence-corrected chi connectivity index (χ2v) is 6.75. The number of ether oxygens (including phenoxy) is 1. The standard InChI is InChI=1S/C19H19BrN2O3/c1-25-17-8-7-15(20)10-14(17)12-21-19(24)13-4-2-5-16(11-13)22-9-3-6-18(22)23/h2,4-5,7-8,10-11H,3,6,9,12H2,1H3,(H,21,24). The molecule has 5 nitrogen and oxygen atoms in total. The lowest BCUT2D eigenvalue weighted by molar-refractivity contribution is -0.117. The van der Waals surface area contributed by atoms with Crippen LogP contribution in [0.5, 0.6) is 5.75 Å². The van der Waals surface area contributed by atoms with Gasteiger partial charge in [-0.15, -0.1) is 0 Å². The van der Waals surface area contributed by atoms with Crippen molar-refractivity contribution in [1.29, 1.82) is 0 Å². The SMILES string of the molecule is COc1ccc(Br)cc1CNC(=O)c1cccc(N2CCCC2=O)c1. The summed E-state index contributed by atoms with van der Waals surface area (Å²) in [6, 6.07) is 12.8. The molecule has 0 spiro atoms. The van der Waals surface area contributed by atoms with Crippen molar-refractivity contribution in [2.75, 3.05) is 18.6 Å². The van der Waals surface area contributed by atoms with Crippen LogP contribution in [0, 0.1) is 0 Å². The van der Waals surface area contributed by atoms with E-state index in [1.807, 2.05) is 24.3 Å². The molecule has 0 aromatic heterocycles. The van der Waals surface area contributed by atoms with Crippen LogP contribution in [0.3, 0.4) is 0 Å². The fraction of sp³-hybridized carbons (Fsp3) is 0.263. The minimum absolute atomic E-state index is 0.108. The lowest BCUT2D eigenvalue weighted by Crippen LogP contribution is -2.26. The van der Waals surface area contributed by atoms with Crippen molar-refractivity contribution in [2.24, 2.45) is 0 Å². The summed E-state index contributed by atoms with van der Waals surface area (Å²) in [5.41, 5.74) is 2.19. The quantitative estimate of drug-likeness (QED) is 0.831. The molecule has 0 unspecified atom stereocenters. The second kappa shape index (κ2) is 7.70. The van der Waals surface area contributed by atoms with Gasteiger partial charge in [0.1, 0.15) is 5.75 Å². The van der Waals surface area contributed by atoms with Crippen LogP contribution >= 0.6 is 15.9 Å². The molecular formula is C19H19BrN2O3.